The summed E-state index contributed by atoms with van der Waals surface area (Å²) in [6, 6.07) is 13.8. The number of nitrogen functional groups attached to an aromatic ring is 1. The number of anilines is 2. The fraction of sp³-hybridized carbons (Fsp3) is 0.308. The molecule has 0 spiro atoms. The van der Waals surface area contributed by atoms with Crippen molar-refractivity contribution >= 4 is 40.6 Å². The highest BCUT2D eigenvalue weighted by Crippen LogP contribution is 2.34. The lowest BCUT2D eigenvalue weighted by Crippen LogP contribution is -2.44. The van der Waals surface area contributed by atoms with Gasteiger partial charge in [-0.25, -0.2) is 0 Å². The van der Waals surface area contributed by atoms with Crippen molar-refractivity contribution < 1.29 is 14.4 Å². The van der Waals surface area contributed by atoms with Crippen LogP contribution in [0, 0.1) is 19.8 Å². The predicted octanol–water partition coefficient (Wildman–Crippen LogP) is 3.99. The van der Waals surface area contributed by atoms with Crippen molar-refractivity contribution in [1.29, 1.82) is 0 Å². The van der Waals surface area contributed by atoms with Crippen LogP contribution in [0.4, 0.5) is 11.4 Å². The summed E-state index contributed by atoms with van der Waals surface area (Å²) in [6.45, 7) is 8.45. The van der Waals surface area contributed by atoms with E-state index in [1.165, 1.54) is 4.90 Å². The van der Waals surface area contributed by atoms with Gasteiger partial charge in [-0.05, 0) is 54.9 Å². The number of nitrogens with two attached hydrogens (primary N) is 2. The summed E-state index contributed by atoms with van der Waals surface area (Å²) < 4.78 is 3.99. The number of aromatic nitrogens is 1. The monoisotopic (exact) mass is 493 g/mol. The molecular weight excluding hydrogens is 462 g/mol. The molecule has 3 aromatic rings. The molecule has 3 amide bonds. The number of amides is 3. The quantitative estimate of drug-likeness (QED) is 0.415. The van der Waals surface area contributed by atoms with Gasteiger partial charge in [-0.1, -0.05) is 61.9 Å². The number of primary amides is 1. The van der Waals surface area contributed by atoms with E-state index in [-0.39, 0.29) is 22.2 Å². The van der Waals surface area contributed by atoms with Crippen LogP contribution in [0.5, 0.6) is 0 Å². The topological polar surface area (TPSA) is 131 Å². The minimum atomic E-state index is -0.977. The van der Waals surface area contributed by atoms with Gasteiger partial charge in [0, 0.05) is 12.2 Å². The summed E-state index contributed by atoms with van der Waals surface area (Å²) in [7, 11) is 0. The number of hydrogen-bond acceptors (Lipinski definition) is 6. The molecule has 0 radical (unpaired) electrons. The van der Waals surface area contributed by atoms with Crippen LogP contribution >= 0.6 is 11.5 Å². The number of aryl methyl sites for hydroxylation is 2. The summed E-state index contributed by atoms with van der Waals surface area (Å²) in [6.07, 6.45) is 0.800. The first-order valence-corrected chi connectivity index (χ1v) is 12.2. The summed E-state index contributed by atoms with van der Waals surface area (Å²) in [5.74, 6) is -1.26. The van der Waals surface area contributed by atoms with Crippen molar-refractivity contribution in [1.82, 2.24) is 9.69 Å². The molecule has 0 saturated carbocycles. The number of nitrogens with zero attached hydrogens (tertiary/aromatic N) is 2. The zero-order valence-corrected chi connectivity index (χ0v) is 21.2. The number of rotatable bonds is 9. The lowest BCUT2D eigenvalue weighted by atomic mass is 10.00. The Kier molecular flexibility index (Phi) is 8.24. The Labute approximate surface area is 209 Å². The third-order valence-corrected chi connectivity index (χ3v) is 6.52. The van der Waals surface area contributed by atoms with Gasteiger partial charge in [0.2, 0.25) is 5.91 Å². The second-order valence-corrected chi connectivity index (χ2v) is 9.66. The molecule has 35 heavy (non-hydrogen) atoms. The predicted molar refractivity (Wildman–Crippen MR) is 139 cm³/mol. The molecule has 0 bridgehead atoms. The van der Waals surface area contributed by atoms with Crippen molar-refractivity contribution in [2.45, 2.75) is 40.2 Å². The van der Waals surface area contributed by atoms with Crippen molar-refractivity contribution in [2.75, 3.05) is 17.2 Å². The van der Waals surface area contributed by atoms with Gasteiger partial charge < -0.3 is 16.8 Å². The zero-order valence-electron chi connectivity index (χ0n) is 20.4. The molecule has 0 aliphatic heterocycles. The summed E-state index contributed by atoms with van der Waals surface area (Å²) >= 11 is 0.791. The SMILES string of the molecule is Cc1ccc([C@H](C(=O)NCCC(C)C)N(C(=O)c2snc(C(N)=O)c2N)c2ccccc2C)cc1. The van der Waals surface area contributed by atoms with Gasteiger partial charge in [0.25, 0.3) is 11.8 Å². The summed E-state index contributed by atoms with van der Waals surface area (Å²) in [4.78, 5) is 40.9. The number of carbonyl (C=O) groups excluding carboxylic acids is 3. The van der Waals surface area contributed by atoms with Crippen molar-refractivity contribution in [3.05, 3.63) is 75.8 Å². The average molecular weight is 494 g/mol. The molecule has 1 heterocycles. The lowest BCUT2D eigenvalue weighted by molar-refractivity contribution is -0.122. The molecule has 5 N–H and O–H groups in total. The lowest BCUT2D eigenvalue weighted by Gasteiger charge is -2.32. The van der Waals surface area contributed by atoms with Crippen LogP contribution in [-0.2, 0) is 4.79 Å². The van der Waals surface area contributed by atoms with Crippen molar-refractivity contribution in [2.24, 2.45) is 11.7 Å². The molecule has 1 atom stereocenters. The Morgan fingerprint density at radius 1 is 1.06 bits per heavy atom. The summed E-state index contributed by atoms with van der Waals surface area (Å²) in [5.41, 5.74) is 14.3. The van der Waals surface area contributed by atoms with Crippen molar-refractivity contribution in [3.63, 3.8) is 0 Å². The Balaban J connectivity index is 2.17. The first-order chi connectivity index (χ1) is 16.6. The van der Waals surface area contributed by atoms with Crippen LogP contribution < -0.4 is 21.7 Å². The molecule has 0 aliphatic carbocycles. The molecule has 2 aromatic carbocycles. The van der Waals surface area contributed by atoms with E-state index < -0.39 is 17.9 Å². The van der Waals surface area contributed by atoms with Gasteiger partial charge in [-0.15, -0.1) is 0 Å². The molecule has 0 unspecified atom stereocenters. The van der Waals surface area contributed by atoms with Crippen molar-refractivity contribution in [3.8, 4) is 0 Å². The van der Waals surface area contributed by atoms with Gasteiger partial charge in [-0.2, -0.15) is 4.37 Å². The van der Waals surface area contributed by atoms with E-state index in [9.17, 15) is 14.4 Å². The highest BCUT2D eigenvalue weighted by molar-refractivity contribution is 7.09. The largest absolute Gasteiger partial charge is 0.395 e. The van der Waals surface area contributed by atoms with Gasteiger partial charge in [0.1, 0.15) is 10.9 Å². The Morgan fingerprint density at radius 2 is 1.71 bits per heavy atom. The van der Waals surface area contributed by atoms with Gasteiger partial charge in [-0.3, -0.25) is 19.3 Å². The van der Waals surface area contributed by atoms with E-state index in [1.54, 1.807) is 12.1 Å². The molecule has 184 valence electrons. The van der Waals surface area contributed by atoms with Crippen LogP contribution in [0.3, 0.4) is 0 Å². The van der Waals surface area contributed by atoms with Crippen LogP contribution in [-0.4, -0.2) is 28.6 Å². The maximum absolute atomic E-state index is 14.0. The van der Waals surface area contributed by atoms with Crippen LogP contribution in [0.15, 0.2) is 48.5 Å². The number of benzene rings is 2. The number of carbonyl (C=O) groups is 3. The molecule has 8 nitrogen and oxygen atoms in total. The van der Waals surface area contributed by atoms with Gasteiger partial charge >= 0.3 is 0 Å². The molecule has 3 rings (SSSR count). The van der Waals surface area contributed by atoms with E-state index in [4.69, 9.17) is 11.5 Å². The maximum Gasteiger partial charge on any atom is 0.273 e. The average Bonchev–Trinajstić information content (AvgIpc) is 3.20. The fourth-order valence-corrected chi connectivity index (χ4v) is 4.43. The van der Waals surface area contributed by atoms with Crippen LogP contribution in [0.2, 0.25) is 0 Å². The van der Waals surface area contributed by atoms with E-state index in [2.05, 4.69) is 23.5 Å². The minimum absolute atomic E-state index is 0.0501. The molecular formula is C26H31N5O3S. The van der Waals surface area contributed by atoms with E-state index >= 15 is 0 Å². The number of hydrogen-bond donors (Lipinski definition) is 3. The Hall–Kier alpha value is -3.72. The highest BCUT2D eigenvalue weighted by atomic mass is 32.1. The normalized spacial score (nSPS) is 11.8. The number of para-hydroxylation sites is 1. The smallest absolute Gasteiger partial charge is 0.273 e. The molecule has 0 aliphatic rings. The zero-order chi connectivity index (χ0) is 25.7. The molecule has 0 saturated heterocycles. The maximum atomic E-state index is 14.0. The van der Waals surface area contributed by atoms with E-state index in [0.29, 0.717) is 23.7 Å². The van der Waals surface area contributed by atoms with Gasteiger partial charge in [0.15, 0.2) is 5.69 Å². The molecule has 1 aromatic heterocycles. The third-order valence-electron chi connectivity index (χ3n) is 5.67. The Bertz CT molecular complexity index is 1220. The van der Waals surface area contributed by atoms with Gasteiger partial charge in [0.05, 0.1) is 5.69 Å². The van der Waals surface area contributed by atoms with E-state index in [0.717, 1.165) is 29.1 Å². The highest BCUT2D eigenvalue weighted by Gasteiger charge is 2.36. The third kappa shape index (κ3) is 5.86. The minimum Gasteiger partial charge on any atom is -0.395 e. The first kappa shape index (κ1) is 25.9. The fourth-order valence-electron chi connectivity index (χ4n) is 3.69. The second-order valence-electron chi connectivity index (χ2n) is 8.89. The second kappa shape index (κ2) is 11.1. The summed E-state index contributed by atoms with van der Waals surface area (Å²) in [5, 5.41) is 2.99. The first-order valence-electron chi connectivity index (χ1n) is 11.4. The molecule has 9 heteroatoms. The van der Waals surface area contributed by atoms with Crippen LogP contribution in [0.25, 0.3) is 0 Å². The number of nitrogens with one attached hydrogen (secondary N) is 1. The van der Waals surface area contributed by atoms with Crippen LogP contribution in [0.1, 0.15) is 63.2 Å². The standard InChI is InChI=1S/C26H31N5O3S/c1-15(2)13-14-29-25(33)22(18-11-9-16(3)10-12-18)31(19-8-6-5-7-17(19)4)26(34)23-20(27)21(24(28)32)30-35-23/h5-12,15,22H,13-14,27H2,1-4H3,(H2,28,32)(H,29,33)/t22-/m1/s1. The molecule has 0 fully saturated rings. The van der Waals surface area contributed by atoms with E-state index in [1.807, 2.05) is 50.2 Å². The Morgan fingerprint density at radius 3 is 2.29 bits per heavy atom.